The Hall–Kier alpha value is -1.51. The molecule has 66 valence electrons. The van der Waals surface area contributed by atoms with Gasteiger partial charge in [-0.2, -0.15) is 0 Å². The van der Waals surface area contributed by atoms with Gasteiger partial charge in [0.25, 0.3) is 0 Å². The van der Waals surface area contributed by atoms with Crippen molar-refractivity contribution in [3.63, 3.8) is 0 Å². The molecule has 0 amide bonds. The lowest BCUT2D eigenvalue weighted by atomic mass is 10.3. The number of para-hydroxylation sites is 1. The van der Waals surface area contributed by atoms with Crippen LogP contribution < -0.4 is 5.73 Å². The van der Waals surface area contributed by atoms with Crippen molar-refractivity contribution < 1.29 is 9.53 Å². The number of methoxy groups -OCH3 is 1. The molecule has 0 aliphatic rings. The number of benzene rings is 1. The zero-order chi connectivity index (χ0) is 9.40. The van der Waals surface area contributed by atoms with E-state index >= 15 is 0 Å². The Morgan fingerprint density at radius 3 is 1.92 bits per heavy atom. The lowest BCUT2D eigenvalue weighted by Gasteiger charge is -1.83. The first-order chi connectivity index (χ1) is 5.66. The van der Waals surface area contributed by atoms with Crippen molar-refractivity contribution in [2.45, 2.75) is 6.92 Å². The number of nitrogen functional groups attached to an aromatic ring is 1. The van der Waals surface area contributed by atoms with E-state index in [1.54, 1.807) is 0 Å². The molecule has 0 aromatic heterocycles. The first kappa shape index (κ1) is 10.5. The third kappa shape index (κ3) is 6.61. The van der Waals surface area contributed by atoms with Crippen LogP contribution >= 0.6 is 0 Å². The molecule has 0 spiro atoms. The second kappa shape index (κ2) is 6.22. The fraction of sp³-hybridized carbons (Fsp3) is 0.222. The zero-order valence-corrected chi connectivity index (χ0v) is 7.28. The largest absolute Gasteiger partial charge is 0.469 e. The average Bonchev–Trinajstić information content (AvgIpc) is 2.07. The predicted molar refractivity (Wildman–Crippen MR) is 48.5 cm³/mol. The first-order valence-electron chi connectivity index (χ1n) is 3.52. The quantitative estimate of drug-likeness (QED) is 0.470. The molecule has 1 rings (SSSR count). The van der Waals surface area contributed by atoms with E-state index in [1.807, 2.05) is 30.3 Å². The maximum Gasteiger partial charge on any atom is 0.302 e. The second-order valence-corrected chi connectivity index (χ2v) is 2.11. The third-order valence-corrected chi connectivity index (χ3v) is 1.09. The van der Waals surface area contributed by atoms with E-state index in [0.717, 1.165) is 5.69 Å². The van der Waals surface area contributed by atoms with Gasteiger partial charge >= 0.3 is 5.97 Å². The monoisotopic (exact) mass is 167 g/mol. The number of nitrogens with two attached hydrogens (primary N) is 1. The van der Waals surface area contributed by atoms with Crippen LogP contribution in [-0.4, -0.2) is 13.1 Å². The molecule has 12 heavy (non-hydrogen) atoms. The lowest BCUT2D eigenvalue weighted by molar-refractivity contribution is -0.137. The summed E-state index contributed by atoms with van der Waals surface area (Å²) in [7, 11) is 1.35. The summed E-state index contributed by atoms with van der Waals surface area (Å²) in [5.41, 5.74) is 6.18. The normalized spacial score (nSPS) is 7.83. The van der Waals surface area contributed by atoms with Crippen molar-refractivity contribution in [2.75, 3.05) is 12.8 Å². The molecule has 0 saturated carbocycles. The van der Waals surface area contributed by atoms with Crippen LogP contribution in [0.3, 0.4) is 0 Å². The fourth-order valence-electron chi connectivity index (χ4n) is 0.453. The van der Waals surface area contributed by atoms with Gasteiger partial charge in [-0.25, -0.2) is 0 Å². The van der Waals surface area contributed by atoms with Crippen LogP contribution in [0.15, 0.2) is 30.3 Å². The van der Waals surface area contributed by atoms with Crippen molar-refractivity contribution in [3.8, 4) is 0 Å². The molecule has 0 heterocycles. The molecule has 0 atom stereocenters. The van der Waals surface area contributed by atoms with Crippen molar-refractivity contribution >= 4 is 11.7 Å². The standard InChI is InChI=1S/C6H7N.C3H6O2/c7-6-4-2-1-3-5-6;1-3(4)5-2/h1-5H,7H2;1-2H3. The number of hydrogen-bond acceptors (Lipinski definition) is 3. The Bertz CT molecular complexity index is 221. The number of carbonyl (C=O) groups is 1. The molecular weight excluding hydrogens is 154 g/mol. The minimum absolute atomic E-state index is 0.245. The Balaban J connectivity index is 0.000000217. The van der Waals surface area contributed by atoms with Gasteiger partial charge in [0.15, 0.2) is 0 Å². The molecule has 0 aliphatic carbocycles. The van der Waals surface area contributed by atoms with E-state index in [0.29, 0.717) is 0 Å². The van der Waals surface area contributed by atoms with Gasteiger partial charge in [-0.3, -0.25) is 4.79 Å². The number of rotatable bonds is 0. The summed E-state index contributed by atoms with van der Waals surface area (Å²) >= 11 is 0. The highest BCUT2D eigenvalue weighted by molar-refractivity contribution is 5.65. The van der Waals surface area contributed by atoms with Crippen molar-refractivity contribution in [3.05, 3.63) is 30.3 Å². The lowest BCUT2D eigenvalue weighted by Crippen LogP contribution is -1.88. The molecule has 3 heteroatoms. The highest BCUT2D eigenvalue weighted by atomic mass is 16.5. The second-order valence-electron chi connectivity index (χ2n) is 2.11. The molecule has 0 aliphatic heterocycles. The number of anilines is 1. The van der Waals surface area contributed by atoms with Gasteiger partial charge in [0.05, 0.1) is 7.11 Å². The van der Waals surface area contributed by atoms with E-state index in [9.17, 15) is 4.79 Å². The minimum Gasteiger partial charge on any atom is -0.469 e. The molecule has 0 radical (unpaired) electrons. The van der Waals surface area contributed by atoms with Crippen LogP contribution in [0.25, 0.3) is 0 Å². The van der Waals surface area contributed by atoms with Crippen LogP contribution in [0.2, 0.25) is 0 Å². The zero-order valence-electron chi connectivity index (χ0n) is 7.28. The van der Waals surface area contributed by atoms with Gasteiger partial charge in [-0.05, 0) is 12.1 Å². The SMILES string of the molecule is COC(C)=O.Nc1ccccc1. The van der Waals surface area contributed by atoms with Gasteiger partial charge in [-0.15, -0.1) is 0 Å². The van der Waals surface area contributed by atoms with Gasteiger partial charge in [0.2, 0.25) is 0 Å². The summed E-state index contributed by atoms with van der Waals surface area (Å²) in [6.45, 7) is 1.36. The number of hydrogen-bond donors (Lipinski definition) is 1. The van der Waals surface area contributed by atoms with Gasteiger partial charge in [0.1, 0.15) is 0 Å². The van der Waals surface area contributed by atoms with E-state index in [2.05, 4.69) is 4.74 Å². The van der Waals surface area contributed by atoms with E-state index in [4.69, 9.17) is 5.73 Å². The fourth-order valence-corrected chi connectivity index (χ4v) is 0.453. The number of carbonyl (C=O) groups excluding carboxylic acids is 1. The maximum absolute atomic E-state index is 9.59. The smallest absolute Gasteiger partial charge is 0.302 e. The summed E-state index contributed by atoms with van der Waals surface area (Å²) in [6.07, 6.45) is 0. The highest BCUT2D eigenvalue weighted by Crippen LogP contribution is 1.95. The van der Waals surface area contributed by atoms with E-state index in [-0.39, 0.29) is 5.97 Å². The molecule has 3 nitrogen and oxygen atoms in total. The Morgan fingerprint density at radius 1 is 1.33 bits per heavy atom. The van der Waals surface area contributed by atoms with Crippen LogP contribution in [0.4, 0.5) is 5.69 Å². The summed E-state index contributed by atoms with van der Waals surface area (Å²) < 4.78 is 4.11. The molecule has 1 aromatic rings. The van der Waals surface area contributed by atoms with Gasteiger partial charge < -0.3 is 10.5 Å². The molecule has 0 fully saturated rings. The summed E-state index contributed by atoms with van der Waals surface area (Å²) in [5.74, 6) is -0.245. The summed E-state index contributed by atoms with van der Waals surface area (Å²) in [5, 5.41) is 0. The van der Waals surface area contributed by atoms with Crippen LogP contribution in [0, 0.1) is 0 Å². The number of esters is 1. The molecular formula is C9H13NO2. The molecule has 1 aromatic carbocycles. The molecule has 0 saturated heterocycles. The summed E-state index contributed by atoms with van der Waals surface area (Å²) in [4.78, 5) is 9.59. The van der Waals surface area contributed by atoms with E-state index in [1.165, 1.54) is 14.0 Å². The Labute approximate surface area is 72.1 Å². The molecule has 0 unspecified atom stereocenters. The highest BCUT2D eigenvalue weighted by Gasteiger charge is 1.75. The number of ether oxygens (including phenoxy) is 1. The average molecular weight is 167 g/mol. The van der Waals surface area contributed by atoms with Crippen LogP contribution in [-0.2, 0) is 9.53 Å². The van der Waals surface area contributed by atoms with Crippen molar-refractivity contribution in [2.24, 2.45) is 0 Å². The van der Waals surface area contributed by atoms with E-state index < -0.39 is 0 Å². The molecule has 2 N–H and O–H groups in total. The van der Waals surface area contributed by atoms with Crippen molar-refractivity contribution in [1.82, 2.24) is 0 Å². The van der Waals surface area contributed by atoms with Gasteiger partial charge in [-0.1, -0.05) is 18.2 Å². The third-order valence-electron chi connectivity index (χ3n) is 1.09. The minimum atomic E-state index is -0.245. The predicted octanol–water partition coefficient (Wildman–Crippen LogP) is 1.45. The van der Waals surface area contributed by atoms with Gasteiger partial charge in [0, 0.05) is 12.6 Å². The molecule has 0 bridgehead atoms. The summed E-state index contributed by atoms with van der Waals surface area (Å²) in [6, 6.07) is 9.49. The topological polar surface area (TPSA) is 52.3 Å². The maximum atomic E-state index is 9.59. The first-order valence-corrected chi connectivity index (χ1v) is 3.52. The van der Waals surface area contributed by atoms with Crippen LogP contribution in [0.1, 0.15) is 6.92 Å². The Kier molecular flexibility index (Phi) is 5.43. The van der Waals surface area contributed by atoms with Crippen LogP contribution in [0.5, 0.6) is 0 Å². The van der Waals surface area contributed by atoms with Crippen molar-refractivity contribution in [1.29, 1.82) is 0 Å². The Morgan fingerprint density at radius 2 is 1.75 bits per heavy atom.